The average molecular weight is 356 g/mol. The molecule has 0 saturated carbocycles. The van der Waals surface area contributed by atoms with E-state index in [9.17, 15) is 5.11 Å². The fourth-order valence-electron chi connectivity index (χ4n) is 2.96. The molecule has 134 valence electrons. The van der Waals surface area contributed by atoms with Crippen LogP contribution in [0.15, 0.2) is 66.7 Å². The molecule has 0 saturated heterocycles. The predicted molar refractivity (Wildman–Crippen MR) is 110 cm³/mol. The van der Waals surface area contributed by atoms with Gasteiger partial charge >= 0.3 is 0 Å². The van der Waals surface area contributed by atoms with Gasteiger partial charge in [0.15, 0.2) is 0 Å². The lowest BCUT2D eigenvalue weighted by molar-refractivity contribution is 0.480. The molecule has 5 heteroatoms. The van der Waals surface area contributed by atoms with Gasteiger partial charge in [0.1, 0.15) is 17.1 Å². The van der Waals surface area contributed by atoms with Crippen LogP contribution >= 0.6 is 0 Å². The van der Waals surface area contributed by atoms with E-state index in [1.54, 1.807) is 12.1 Å². The van der Waals surface area contributed by atoms with Gasteiger partial charge < -0.3 is 15.7 Å². The molecule has 1 aromatic heterocycles. The molecule has 4 rings (SSSR count). The molecule has 0 bridgehead atoms. The second-order valence-corrected chi connectivity index (χ2v) is 6.45. The first-order valence-corrected chi connectivity index (χ1v) is 8.77. The predicted octanol–water partition coefficient (Wildman–Crippen LogP) is 5.44. The minimum Gasteiger partial charge on any atom is -0.506 e. The van der Waals surface area contributed by atoms with Gasteiger partial charge in [-0.15, -0.1) is 0 Å². The smallest absolute Gasteiger partial charge is 0.229 e. The number of benzene rings is 3. The first kappa shape index (κ1) is 16.8. The Bertz CT molecular complexity index is 1120. The summed E-state index contributed by atoms with van der Waals surface area (Å²) >= 11 is 0. The number of nitrogens with one attached hydrogen (secondary N) is 2. The van der Waals surface area contributed by atoms with Gasteiger partial charge in [-0.1, -0.05) is 42.5 Å². The molecule has 3 aromatic carbocycles. The summed E-state index contributed by atoms with van der Waals surface area (Å²) in [7, 11) is 0. The number of phenolic OH excluding ortho intramolecular Hbond substituents is 1. The zero-order chi connectivity index (χ0) is 18.8. The monoisotopic (exact) mass is 356 g/mol. The minimum atomic E-state index is 0.121. The van der Waals surface area contributed by atoms with Crippen LogP contribution in [0.2, 0.25) is 0 Å². The lowest BCUT2D eigenvalue weighted by Crippen LogP contribution is -2.03. The second-order valence-electron chi connectivity index (χ2n) is 6.45. The molecule has 0 aliphatic heterocycles. The fraction of sp³-hybridized carbons (Fsp3) is 0.0909. The van der Waals surface area contributed by atoms with Crippen molar-refractivity contribution in [1.82, 2.24) is 9.97 Å². The van der Waals surface area contributed by atoms with E-state index in [1.165, 1.54) is 0 Å². The highest BCUT2D eigenvalue weighted by molar-refractivity contribution is 5.95. The number of fused-ring (bicyclic) bond motifs is 1. The third-order valence-electron chi connectivity index (χ3n) is 4.49. The zero-order valence-corrected chi connectivity index (χ0v) is 15.2. The van der Waals surface area contributed by atoms with Gasteiger partial charge in [0, 0.05) is 16.8 Å². The molecular formula is C22H20N4O. The van der Waals surface area contributed by atoms with E-state index in [1.807, 2.05) is 68.4 Å². The van der Waals surface area contributed by atoms with Gasteiger partial charge in [0.05, 0.1) is 0 Å². The van der Waals surface area contributed by atoms with Gasteiger partial charge in [-0.2, -0.15) is 4.98 Å². The topological polar surface area (TPSA) is 70.1 Å². The van der Waals surface area contributed by atoms with Crippen molar-refractivity contribution in [3.8, 4) is 5.75 Å². The Kier molecular flexibility index (Phi) is 4.34. The highest BCUT2D eigenvalue weighted by Crippen LogP contribution is 2.32. The molecule has 4 aromatic rings. The normalized spacial score (nSPS) is 10.7. The van der Waals surface area contributed by atoms with Crippen LogP contribution in [0.4, 0.5) is 23.1 Å². The van der Waals surface area contributed by atoms with E-state index in [0.29, 0.717) is 17.3 Å². The van der Waals surface area contributed by atoms with Gasteiger partial charge in [-0.05, 0) is 49.2 Å². The number of aromatic nitrogens is 2. The SMILES string of the molecule is Cc1ccccc1Nc1nc(Nc2ccccc2C)c2cccc(O)c2n1. The number of hydrogen-bond acceptors (Lipinski definition) is 5. The summed E-state index contributed by atoms with van der Waals surface area (Å²) in [6.07, 6.45) is 0. The Balaban J connectivity index is 1.83. The van der Waals surface area contributed by atoms with Crippen LogP contribution in [0.5, 0.6) is 5.75 Å². The van der Waals surface area contributed by atoms with Crippen molar-refractivity contribution in [3.63, 3.8) is 0 Å². The highest BCUT2D eigenvalue weighted by Gasteiger charge is 2.12. The Morgan fingerprint density at radius 3 is 2.00 bits per heavy atom. The third-order valence-corrected chi connectivity index (χ3v) is 4.49. The number of phenols is 1. The van der Waals surface area contributed by atoms with Crippen molar-refractivity contribution in [2.24, 2.45) is 0 Å². The maximum Gasteiger partial charge on any atom is 0.229 e. The summed E-state index contributed by atoms with van der Waals surface area (Å²) in [5.74, 6) is 1.19. The Labute approximate surface area is 157 Å². The molecule has 27 heavy (non-hydrogen) atoms. The lowest BCUT2D eigenvalue weighted by atomic mass is 10.2. The van der Waals surface area contributed by atoms with Crippen LogP contribution in [0.3, 0.4) is 0 Å². The Hall–Kier alpha value is -3.60. The number of nitrogens with zero attached hydrogens (tertiary/aromatic N) is 2. The maximum absolute atomic E-state index is 10.3. The van der Waals surface area contributed by atoms with Crippen molar-refractivity contribution < 1.29 is 5.11 Å². The van der Waals surface area contributed by atoms with Crippen LogP contribution in [0.25, 0.3) is 10.9 Å². The zero-order valence-electron chi connectivity index (χ0n) is 15.2. The van der Waals surface area contributed by atoms with Crippen LogP contribution in [-0.2, 0) is 0 Å². The molecule has 0 fully saturated rings. The third kappa shape index (κ3) is 3.40. The van der Waals surface area contributed by atoms with E-state index in [-0.39, 0.29) is 5.75 Å². The molecule has 0 amide bonds. The maximum atomic E-state index is 10.3. The summed E-state index contributed by atoms with van der Waals surface area (Å²) in [5.41, 5.74) is 4.58. The molecule has 5 nitrogen and oxygen atoms in total. The minimum absolute atomic E-state index is 0.121. The number of anilines is 4. The van der Waals surface area contributed by atoms with Crippen LogP contribution in [0.1, 0.15) is 11.1 Å². The summed E-state index contributed by atoms with van der Waals surface area (Å²) in [6, 6.07) is 21.3. The molecule has 0 aliphatic carbocycles. The standard InChI is InChI=1S/C22H20N4O/c1-14-8-3-5-11-17(14)23-21-16-10-7-13-19(27)20(16)25-22(26-21)24-18-12-6-4-9-15(18)2/h3-13,27H,1-2H3,(H2,23,24,25,26). The fourth-order valence-corrected chi connectivity index (χ4v) is 2.96. The summed E-state index contributed by atoms with van der Waals surface area (Å²) in [5, 5.41) is 17.7. The van der Waals surface area contributed by atoms with Crippen LogP contribution in [0, 0.1) is 13.8 Å². The molecule has 0 unspecified atom stereocenters. The average Bonchev–Trinajstić information content (AvgIpc) is 2.66. The lowest BCUT2D eigenvalue weighted by Gasteiger charge is -2.14. The van der Waals surface area contributed by atoms with Gasteiger partial charge in [-0.25, -0.2) is 4.98 Å². The first-order valence-electron chi connectivity index (χ1n) is 8.77. The van der Waals surface area contributed by atoms with Crippen molar-refractivity contribution in [1.29, 1.82) is 0 Å². The molecule has 0 atom stereocenters. The summed E-state index contributed by atoms with van der Waals surface area (Å²) < 4.78 is 0. The van der Waals surface area contributed by atoms with Crippen molar-refractivity contribution in [2.75, 3.05) is 10.6 Å². The number of aromatic hydroxyl groups is 1. The van der Waals surface area contributed by atoms with E-state index in [4.69, 9.17) is 0 Å². The van der Waals surface area contributed by atoms with Gasteiger partial charge in [0.2, 0.25) is 5.95 Å². The number of aryl methyl sites for hydroxylation is 2. The van der Waals surface area contributed by atoms with E-state index < -0.39 is 0 Å². The summed E-state index contributed by atoms with van der Waals surface area (Å²) in [6.45, 7) is 4.06. The quantitative estimate of drug-likeness (QED) is 0.454. The first-order chi connectivity index (χ1) is 13.1. The molecule has 1 heterocycles. The highest BCUT2D eigenvalue weighted by atomic mass is 16.3. The molecule has 0 aliphatic rings. The van der Waals surface area contributed by atoms with Crippen molar-refractivity contribution in [3.05, 3.63) is 77.9 Å². The summed E-state index contributed by atoms with van der Waals surface area (Å²) in [4.78, 5) is 9.19. The van der Waals surface area contributed by atoms with E-state index >= 15 is 0 Å². The molecule has 0 radical (unpaired) electrons. The van der Waals surface area contributed by atoms with Crippen LogP contribution in [-0.4, -0.2) is 15.1 Å². The molecule has 3 N–H and O–H groups in total. The van der Waals surface area contributed by atoms with E-state index in [0.717, 1.165) is 27.9 Å². The van der Waals surface area contributed by atoms with Crippen LogP contribution < -0.4 is 10.6 Å². The molecular weight excluding hydrogens is 336 g/mol. The van der Waals surface area contributed by atoms with Crippen molar-refractivity contribution >= 4 is 34.0 Å². The molecule has 0 spiro atoms. The van der Waals surface area contributed by atoms with Gasteiger partial charge in [0.25, 0.3) is 0 Å². The second kappa shape index (κ2) is 6.96. The van der Waals surface area contributed by atoms with Gasteiger partial charge in [-0.3, -0.25) is 0 Å². The largest absolute Gasteiger partial charge is 0.506 e. The number of rotatable bonds is 4. The Morgan fingerprint density at radius 1 is 0.704 bits per heavy atom. The number of para-hydroxylation sites is 3. The number of hydrogen-bond donors (Lipinski definition) is 3. The Morgan fingerprint density at radius 2 is 1.33 bits per heavy atom. The van der Waals surface area contributed by atoms with E-state index in [2.05, 4.69) is 20.6 Å². The van der Waals surface area contributed by atoms with Crippen molar-refractivity contribution in [2.45, 2.75) is 13.8 Å².